The molecule has 2 aromatic carbocycles. The van der Waals surface area contributed by atoms with Crippen molar-refractivity contribution in [2.24, 2.45) is 0 Å². The van der Waals surface area contributed by atoms with E-state index >= 15 is 0 Å². The van der Waals surface area contributed by atoms with Gasteiger partial charge in [-0.25, -0.2) is 4.79 Å². The van der Waals surface area contributed by atoms with Crippen LogP contribution in [0.25, 0.3) is 0 Å². The van der Waals surface area contributed by atoms with E-state index in [1.54, 1.807) is 38.1 Å². The van der Waals surface area contributed by atoms with Gasteiger partial charge in [0.05, 0.1) is 11.7 Å². The lowest BCUT2D eigenvalue weighted by molar-refractivity contribution is -0.118. The van der Waals surface area contributed by atoms with Gasteiger partial charge in [0, 0.05) is 5.69 Å². The molecule has 5 nitrogen and oxygen atoms in total. The van der Waals surface area contributed by atoms with Crippen LogP contribution in [-0.2, 0) is 9.53 Å². The van der Waals surface area contributed by atoms with Crippen molar-refractivity contribution >= 4 is 17.6 Å². The number of carbonyl (C=O) groups excluding carboxylic acids is 2. The van der Waals surface area contributed by atoms with Gasteiger partial charge in [-0.15, -0.1) is 0 Å². The molecule has 0 aliphatic rings. The van der Waals surface area contributed by atoms with Crippen LogP contribution >= 0.6 is 0 Å². The third-order valence-corrected chi connectivity index (χ3v) is 3.87. The molecule has 0 heterocycles. The standard InChI is InChI=1S/C21H25NO4/c1-13(2)26-21(24)17-6-8-18(9-7-17)22-20(23)12-25-19-11-14(3)10-15(4)16(19)5/h6-11,13H,12H2,1-5H3,(H,22,23). The van der Waals surface area contributed by atoms with Gasteiger partial charge in [-0.2, -0.15) is 0 Å². The monoisotopic (exact) mass is 355 g/mol. The lowest BCUT2D eigenvalue weighted by Crippen LogP contribution is -2.20. The number of benzene rings is 2. The fraction of sp³-hybridized carbons (Fsp3) is 0.333. The van der Waals surface area contributed by atoms with Crippen LogP contribution < -0.4 is 10.1 Å². The molecule has 26 heavy (non-hydrogen) atoms. The molecule has 0 aromatic heterocycles. The number of ether oxygens (including phenoxy) is 2. The fourth-order valence-electron chi connectivity index (χ4n) is 2.46. The maximum Gasteiger partial charge on any atom is 0.338 e. The molecule has 138 valence electrons. The van der Waals surface area contributed by atoms with Crippen LogP contribution in [-0.4, -0.2) is 24.6 Å². The molecule has 2 aromatic rings. The Balaban J connectivity index is 1.93. The number of rotatable bonds is 6. The van der Waals surface area contributed by atoms with Gasteiger partial charge in [0.1, 0.15) is 5.75 Å². The maximum atomic E-state index is 12.1. The number of anilines is 1. The molecular weight excluding hydrogens is 330 g/mol. The van der Waals surface area contributed by atoms with Crippen LogP contribution in [0.2, 0.25) is 0 Å². The Labute approximate surface area is 154 Å². The fourth-order valence-corrected chi connectivity index (χ4v) is 2.46. The summed E-state index contributed by atoms with van der Waals surface area (Å²) < 4.78 is 10.8. The number of nitrogens with one attached hydrogen (secondary N) is 1. The summed E-state index contributed by atoms with van der Waals surface area (Å²) in [6, 6.07) is 10.6. The first-order chi connectivity index (χ1) is 12.3. The molecule has 1 N–H and O–H groups in total. The lowest BCUT2D eigenvalue weighted by Gasteiger charge is -2.12. The predicted octanol–water partition coefficient (Wildman–Crippen LogP) is 4.19. The first kappa shape index (κ1) is 19.5. The first-order valence-electron chi connectivity index (χ1n) is 8.58. The Morgan fingerprint density at radius 2 is 1.69 bits per heavy atom. The molecule has 0 aliphatic heterocycles. The molecule has 0 atom stereocenters. The van der Waals surface area contributed by atoms with Crippen LogP contribution in [0.15, 0.2) is 36.4 Å². The molecule has 0 aliphatic carbocycles. The second kappa shape index (κ2) is 8.52. The van der Waals surface area contributed by atoms with E-state index in [9.17, 15) is 9.59 Å². The normalized spacial score (nSPS) is 10.5. The van der Waals surface area contributed by atoms with Crippen LogP contribution in [0.5, 0.6) is 5.75 Å². The van der Waals surface area contributed by atoms with Crippen molar-refractivity contribution in [2.45, 2.75) is 40.7 Å². The van der Waals surface area contributed by atoms with Crippen LogP contribution in [0.1, 0.15) is 40.9 Å². The van der Waals surface area contributed by atoms with E-state index in [4.69, 9.17) is 9.47 Å². The van der Waals surface area contributed by atoms with Crippen molar-refractivity contribution in [1.29, 1.82) is 0 Å². The third-order valence-electron chi connectivity index (χ3n) is 3.87. The van der Waals surface area contributed by atoms with Crippen molar-refractivity contribution in [3.05, 3.63) is 58.7 Å². The van der Waals surface area contributed by atoms with Crippen LogP contribution in [0, 0.1) is 20.8 Å². The van der Waals surface area contributed by atoms with Crippen LogP contribution in [0.3, 0.4) is 0 Å². The van der Waals surface area contributed by atoms with Gasteiger partial charge < -0.3 is 14.8 Å². The van der Waals surface area contributed by atoms with Gasteiger partial charge in [-0.3, -0.25) is 4.79 Å². The van der Waals surface area contributed by atoms with Gasteiger partial charge in [-0.1, -0.05) is 6.07 Å². The number of hydrogen-bond donors (Lipinski definition) is 1. The summed E-state index contributed by atoms with van der Waals surface area (Å²) in [7, 11) is 0. The zero-order valence-corrected chi connectivity index (χ0v) is 15.9. The molecule has 1 amide bonds. The first-order valence-corrected chi connectivity index (χ1v) is 8.58. The Morgan fingerprint density at radius 3 is 2.31 bits per heavy atom. The Bertz CT molecular complexity index is 794. The van der Waals surface area contributed by atoms with Gasteiger partial charge in [-0.05, 0) is 81.6 Å². The highest BCUT2D eigenvalue weighted by atomic mass is 16.5. The molecule has 0 spiro atoms. The highest BCUT2D eigenvalue weighted by Crippen LogP contribution is 2.23. The van der Waals surface area contributed by atoms with Crippen molar-refractivity contribution in [3.63, 3.8) is 0 Å². The summed E-state index contributed by atoms with van der Waals surface area (Å²) in [6.45, 7) is 9.48. The zero-order chi connectivity index (χ0) is 19.3. The van der Waals surface area contributed by atoms with E-state index in [0.29, 0.717) is 17.0 Å². The summed E-state index contributed by atoms with van der Waals surface area (Å²) in [5.41, 5.74) is 4.28. The van der Waals surface area contributed by atoms with Gasteiger partial charge in [0.25, 0.3) is 5.91 Å². The number of amides is 1. The molecule has 0 saturated carbocycles. The quantitative estimate of drug-likeness (QED) is 0.789. The van der Waals surface area contributed by atoms with E-state index in [1.165, 1.54) is 0 Å². The predicted molar refractivity (Wildman–Crippen MR) is 102 cm³/mol. The van der Waals surface area contributed by atoms with E-state index in [1.807, 2.05) is 26.8 Å². The SMILES string of the molecule is Cc1cc(C)c(C)c(OCC(=O)Nc2ccc(C(=O)OC(C)C)cc2)c1. The Hall–Kier alpha value is -2.82. The summed E-state index contributed by atoms with van der Waals surface area (Å²) in [6.07, 6.45) is -0.173. The minimum Gasteiger partial charge on any atom is -0.483 e. The molecule has 5 heteroatoms. The number of hydrogen-bond acceptors (Lipinski definition) is 4. The highest BCUT2D eigenvalue weighted by Gasteiger charge is 2.11. The second-order valence-corrected chi connectivity index (χ2v) is 6.57. The van der Waals surface area contributed by atoms with E-state index in [-0.39, 0.29) is 24.6 Å². The summed E-state index contributed by atoms with van der Waals surface area (Å²) >= 11 is 0. The summed E-state index contributed by atoms with van der Waals surface area (Å²) in [5, 5.41) is 2.75. The molecule has 0 fully saturated rings. The molecule has 0 radical (unpaired) electrons. The lowest BCUT2D eigenvalue weighted by atomic mass is 10.1. The third kappa shape index (κ3) is 5.34. The van der Waals surface area contributed by atoms with Crippen molar-refractivity contribution in [1.82, 2.24) is 0 Å². The van der Waals surface area contributed by atoms with E-state index < -0.39 is 0 Å². The maximum absolute atomic E-state index is 12.1. The van der Waals surface area contributed by atoms with E-state index in [2.05, 4.69) is 11.4 Å². The molecule has 0 saturated heterocycles. The Morgan fingerprint density at radius 1 is 1.04 bits per heavy atom. The molecule has 2 rings (SSSR count). The molecule has 0 unspecified atom stereocenters. The number of carbonyl (C=O) groups is 2. The topological polar surface area (TPSA) is 64.6 Å². The Kier molecular flexibility index (Phi) is 6.39. The second-order valence-electron chi connectivity index (χ2n) is 6.57. The van der Waals surface area contributed by atoms with Gasteiger partial charge in [0.15, 0.2) is 6.61 Å². The van der Waals surface area contributed by atoms with Crippen molar-refractivity contribution in [3.8, 4) is 5.75 Å². The van der Waals surface area contributed by atoms with Gasteiger partial charge in [0.2, 0.25) is 0 Å². The smallest absolute Gasteiger partial charge is 0.338 e. The van der Waals surface area contributed by atoms with Crippen molar-refractivity contribution < 1.29 is 19.1 Å². The summed E-state index contributed by atoms with van der Waals surface area (Å²) in [4.78, 5) is 23.9. The van der Waals surface area contributed by atoms with E-state index in [0.717, 1.165) is 16.7 Å². The van der Waals surface area contributed by atoms with Crippen molar-refractivity contribution in [2.75, 3.05) is 11.9 Å². The average molecular weight is 355 g/mol. The molecular formula is C21H25NO4. The highest BCUT2D eigenvalue weighted by molar-refractivity contribution is 5.93. The summed E-state index contributed by atoms with van der Waals surface area (Å²) in [5.74, 6) is 0.0667. The number of esters is 1. The average Bonchev–Trinajstić information content (AvgIpc) is 2.56. The largest absolute Gasteiger partial charge is 0.483 e. The van der Waals surface area contributed by atoms with Gasteiger partial charge >= 0.3 is 5.97 Å². The van der Waals surface area contributed by atoms with Crippen LogP contribution in [0.4, 0.5) is 5.69 Å². The zero-order valence-electron chi connectivity index (χ0n) is 15.9. The number of aryl methyl sites for hydroxylation is 2. The minimum atomic E-state index is -0.383. The minimum absolute atomic E-state index is 0.0825. The molecule has 0 bridgehead atoms.